The molecule has 9 heteroatoms. The molecule has 0 saturated carbocycles. The highest BCUT2D eigenvalue weighted by Crippen LogP contribution is 2.27. The second-order valence-electron chi connectivity index (χ2n) is 11.6. The second-order valence-corrected chi connectivity index (χ2v) is 14.4. The minimum Gasteiger partial charge on any atom is -0.352 e. The molecule has 4 aromatic rings. The molecule has 0 aliphatic heterocycles. The topological polar surface area (TPSA) is 86.8 Å². The van der Waals surface area contributed by atoms with Crippen LogP contribution >= 0.6 is 15.9 Å². The summed E-state index contributed by atoms with van der Waals surface area (Å²) in [7, 11) is -4.15. The summed E-state index contributed by atoms with van der Waals surface area (Å²) in [5.41, 5.74) is 4.89. The Morgan fingerprint density at radius 3 is 2.04 bits per heavy atom. The molecule has 0 aromatic heterocycles. The number of sulfonamides is 1. The van der Waals surface area contributed by atoms with Gasteiger partial charge in [0.25, 0.3) is 10.0 Å². The van der Waals surface area contributed by atoms with Gasteiger partial charge in [-0.15, -0.1) is 0 Å². The van der Waals surface area contributed by atoms with E-state index in [1.165, 1.54) is 4.90 Å². The highest BCUT2D eigenvalue weighted by Gasteiger charge is 2.35. The number of amides is 2. The number of nitrogens with one attached hydrogen (secondary N) is 1. The lowest BCUT2D eigenvalue weighted by Gasteiger charge is -2.34. The summed E-state index contributed by atoms with van der Waals surface area (Å²) in [6.07, 6.45) is 0.260. The van der Waals surface area contributed by atoms with Gasteiger partial charge in [0, 0.05) is 23.5 Å². The van der Waals surface area contributed by atoms with Crippen molar-refractivity contribution in [2.24, 2.45) is 0 Å². The Bertz CT molecular complexity index is 1720. The molecule has 0 aliphatic carbocycles. The van der Waals surface area contributed by atoms with Gasteiger partial charge in [0.05, 0.1) is 10.6 Å². The number of hydrogen-bond donors (Lipinski definition) is 1. The van der Waals surface area contributed by atoms with Gasteiger partial charge in [0.2, 0.25) is 11.8 Å². The lowest BCUT2D eigenvalue weighted by molar-refractivity contribution is -0.140. The molecule has 7 nitrogen and oxygen atoms in total. The number of aryl methyl sites for hydroxylation is 3. The number of carbonyl (C=O) groups is 2. The van der Waals surface area contributed by atoms with Crippen molar-refractivity contribution in [3.8, 4) is 0 Å². The van der Waals surface area contributed by atoms with Crippen molar-refractivity contribution in [1.29, 1.82) is 0 Å². The number of halogens is 1. The van der Waals surface area contributed by atoms with Gasteiger partial charge >= 0.3 is 0 Å². The monoisotopic (exact) mass is 689 g/mol. The van der Waals surface area contributed by atoms with Crippen molar-refractivity contribution in [2.45, 2.75) is 64.6 Å². The molecular formula is C36H40BrN3O4S. The van der Waals surface area contributed by atoms with Crippen LogP contribution in [-0.2, 0) is 32.6 Å². The molecule has 1 N–H and O–H groups in total. The van der Waals surface area contributed by atoms with Crippen LogP contribution in [0.15, 0.2) is 106 Å². The van der Waals surface area contributed by atoms with E-state index in [2.05, 4.69) is 21.2 Å². The van der Waals surface area contributed by atoms with Crippen molar-refractivity contribution < 1.29 is 18.0 Å². The van der Waals surface area contributed by atoms with E-state index in [0.29, 0.717) is 5.69 Å². The number of nitrogens with zero attached hydrogens (tertiary/aromatic N) is 2. The van der Waals surface area contributed by atoms with E-state index in [1.807, 2.05) is 95.3 Å². The summed E-state index contributed by atoms with van der Waals surface area (Å²) >= 11 is 3.46. The average molecular weight is 691 g/mol. The summed E-state index contributed by atoms with van der Waals surface area (Å²) in [6.45, 7) is 9.10. The number of benzene rings is 4. The van der Waals surface area contributed by atoms with Gasteiger partial charge in [-0.3, -0.25) is 13.9 Å². The fraction of sp³-hybridized carbons (Fsp3) is 0.278. The molecule has 0 bridgehead atoms. The third kappa shape index (κ3) is 8.83. The van der Waals surface area contributed by atoms with E-state index < -0.39 is 28.5 Å². The van der Waals surface area contributed by atoms with Gasteiger partial charge in [-0.05, 0) is 93.3 Å². The maximum Gasteiger partial charge on any atom is 0.264 e. The van der Waals surface area contributed by atoms with Crippen molar-refractivity contribution in [1.82, 2.24) is 10.2 Å². The average Bonchev–Trinajstić information content (AvgIpc) is 3.00. The fourth-order valence-electron chi connectivity index (χ4n) is 4.97. The number of carbonyl (C=O) groups excluding carboxylic acids is 2. The number of rotatable bonds is 12. The second kappa shape index (κ2) is 14.9. The molecule has 4 rings (SSSR count). The summed E-state index contributed by atoms with van der Waals surface area (Å²) in [5, 5.41) is 2.98. The van der Waals surface area contributed by atoms with E-state index in [9.17, 15) is 18.0 Å². The minimum absolute atomic E-state index is 0.0805. The molecule has 0 radical (unpaired) electrons. The van der Waals surface area contributed by atoms with Crippen LogP contribution in [0, 0.1) is 20.8 Å². The van der Waals surface area contributed by atoms with Gasteiger partial charge in [-0.2, -0.15) is 0 Å². The predicted molar refractivity (Wildman–Crippen MR) is 184 cm³/mol. The normalized spacial score (nSPS) is 12.1. The molecule has 0 saturated heterocycles. The van der Waals surface area contributed by atoms with E-state index in [4.69, 9.17) is 0 Å². The lowest BCUT2D eigenvalue weighted by Crippen LogP contribution is -2.54. The maximum atomic E-state index is 14.5. The Morgan fingerprint density at radius 2 is 1.44 bits per heavy atom. The zero-order chi connectivity index (χ0) is 32.7. The molecule has 0 unspecified atom stereocenters. The molecule has 236 valence electrons. The highest BCUT2D eigenvalue weighted by atomic mass is 79.9. The molecule has 45 heavy (non-hydrogen) atoms. The van der Waals surface area contributed by atoms with Crippen LogP contribution < -0.4 is 9.62 Å². The van der Waals surface area contributed by atoms with Crippen LogP contribution in [-0.4, -0.2) is 43.8 Å². The Hall–Kier alpha value is -3.95. The standard InChI is InChI=1S/C36H40BrN3O4S/c1-25(2)38-36(42)34(22-29-9-7-6-8-10-29)39(23-30-14-16-31(37)17-15-30)35(41)24-40(32-18-13-27(4)28(5)21-32)45(43,44)33-19-11-26(3)12-20-33/h6-21,25,34H,22-24H2,1-5H3,(H,38,42)/t34-/m0/s1. The van der Waals surface area contributed by atoms with Crippen molar-refractivity contribution in [3.63, 3.8) is 0 Å². The SMILES string of the molecule is Cc1ccc(S(=O)(=O)N(CC(=O)N(Cc2ccc(Br)cc2)[C@@H](Cc2ccccc2)C(=O)NC(C)C)c2ccc(C)c(C)c2)cc1. The minimum atomic E-state index is -4.15. The lowest BCUT2D eigenvalue weighted by atomic mass is 10.0. The third-order valence-corrected chi connectivity index (χ3v) is 9.95. The Kier molecular flexibility index (Phi) is 11.2. The van der Waals surface area contributed by atoms with Crippen LogP contribution in [0.1, 0.15) is 41.7 Å². The Balaban J connectivity index is 1.82. The Morgan fingerprint density at radius 1 is 0.800 bits per heavy atom. The summed E-state index contributed by atoms with van der Waals surface area (Å²) in [5.74, 6) is -0.801. The van der Waals surface area contributed by atoms with E-state index in [0.717, 1.165) is 36.6 Å². The summed E-state index contributed by atoms with van der Waals surface area (Å²) in [6, 6.07) is 27.9. The van der Waals surface area contributed by atoms with Crippen molar-refractivity contribution in [3.05, 3.63) is 129 Å². The van der Waals surface area contributed by atoms with E-state index >= 15 is 0 Å². The fourth-order valence-corrected chi connectivity index (χ4v) is 6.64. The predicted octanol–water partition coefficient (Wildman–Crippen LogP) is 6.73. The molecule has 0 aliphatic rings. The largest absolute Gasteiger partial charge is 0.352 e. The first-order chi connectivity index (χ1) is 21.3. The molecule has 2 amide bonds. The van der Waals surface area contributed by atoms with Crippen LogP contribution in [0.25, 0.3) is 0 Å². The molecular weight excluding hydrogens is 650 g/mol. The number of hydrogen-bond acceptors (Lipinski definition) is 4. The Labute approximate surface area is 275 Å². The van der Waals surface area contributed by atoms with Gasteiger partial charge in [0.15, 0.2) is 0 Å². The van der Waals surface area contributed by atoms with Gasteiger partial charge in [-0.25, -0.2) is 8.42 Å². The third-order valence-electron chi connectivity index (χ3n) is 7.63. The van der Waals surface area contributed by atoms with Crippen LogP contribution in [0.4, 0.5) is 5.69 Å². The maximum absolute atomic E-state index is 14.5. The van der Waals surface area contributed by atoms with Crippen LogP contribution in [0.2, 0.25) is 0 Å². The molecule has 0 fully saturated rings. The smallest absolute Gasteiger partial charge is 0.264 e. The number of anilines is 1. The molecule has 0 spiro atoms. The van der Waals surface area contributed by atoms with Gasteiger partial charge in [0.1, 0.15) is 12.6 Å². The van der Waals surface area contributed by atoms with E-state index in [1.54, 1.807) is 36.4 Å². The quantitative estimate of drug-likeness (QED) is 0.179. The van der Waals surface area contributed by atoms with Crippen molar-refractivity contribution in [2.75, 3.05) is 10.8 Å². The summed E-state index contributed by atoms with van der Waals surface area (Å²) in [4.78, 5) is 29.9. The zero-order valence-electron chi connectivity index (χ0n) is 26.3. The summed E-state index contributed by atoms with van der Waals surface area (Å²) < 4.78 is 30.4. The molecule has 0 heterocycles. The highest BCUT2D eigenvalue weighted by molar-refractivity contribution is 9.10. The van der Waals surface area contributed by atoms with E-state index in [-0.39, 0.29) is 29.8 Å². The first-order valence-corrected chi connectivity index (χ1v) is 17.1. The first kappa shape index (κ1) is 33.9. The molecule has 4 aromatic carbocycles. The van der Waals surface area contributed by atoms with Gasteiger partial charge in [-0.1, -0.05) is 82.2 Å². The van der Waals surface area contributed by atoms with Crippen molar-refractivity contribution >= 4 is 43.5 Å². The zero-order valence-corrected chi connectivity index (χ0v) is 28.7. The first-order valence-electron chi connectivity index (χ1n) is 14.9. The molecule has 1 atom stereocenters. The van der Waals surface area contributed by atoms with Crippen LogP contribution in [0.3, 0.4) is 0 Å². The van der Waals surface area contributed by atoms with Gasteiger partial charge < -0.3 is 10.2 Å². The van der Waals surface area contributed by atoms with Crippen LogP contribution in [0.5, 0.6) is 0 Å².